The van der Waals surface area contributed by atoms with E-state index in [1.54, 1.807) is 44.2 Å². The molecule has 0 unspecified atom stereocenters. The Kier molecular flexibility index (Phi) is 8.95. The fourth-order valence-corrected chi connectivity index (χ4v) is 3.65. The zero-order chi connectivity index (χ0) is 24.7. The number of nitrogens with one attached hydrogen (secondary N) is 3. The van der Waals surface area contributed by atoms with E-state index in [4.69, 9.17) is 0 Å². The topological polar surface area (TPSA) is 145 Å². The molecule has 4 atom stereocenters. The van der Waals surface area contributed by atoms with Gasteiger partial charge in [0.2, 0.25) is 17.7 Å². The summed E-state index contributed by atoms with van der Waals surface area (Å²) in [5.41, 5.74) is 0.410. The van der Waals surface area contributed by atoms with Crippen LogP contribution in [0.2, 0.25) is 0 Å². The van der Waals surface area contributed by atoms with Gasteiger partial charge in [0.05, 0.1) is 0 Å². The maximum Gasteiger partial charge on any atom is 0.326 e. The van der Waals surface area contributed by atoms with E-state index in [9.17, 15) is 29.1 Å². The number of likely N-dealkylation sites (tertiary alicyclic amines) is 1. The van der Waals surface area contributed by atoms with Gasteiger partial charge in [-0.05, 0) is 44.7 Å². The lowest BCUT2D eigenvalue weighted by Crippen LogP contribution is -2.56. The van der Waals surface area contributed by atoms with Gasteiger partial charge in [0, 0.05) is 12.1 Å². The molecule has 10 nitrogen and oxygen atoms in total. The van der Waals surface area contributed by atoms with Gasteiger partial charge in [0.15, 0.2) is 0 Å². The van der Waals surface area contributed by atoms with Gasteiger partial charge in [0.25, 0.3) is 5.91 Å². The average molecular weight is 461 g/mol. The van der Waals surface area contributed by atoms with E-state index in [1.807, 2.05) is 0 Å². The fraction of sp³-hybridized carbons (Fsp3) is 0.522. The Balaban J connectivity index is 1.95. The van der Waals surface area contributed by atoms with Crippen LogP contribution in [0.3, 0.4) is 0 Å². The molecule has 180 valence electrons. The smallest absolute Gasteiger partial charge is 0.326 e. The summed E-state index contributed by atoms with van der Waals surface area (Å²) in [5.74, 6) is -3.37. The predicted molar refractivity (Wildman–Crippen MR) is 120 cm³/mol. The van der Waals surface area contributed by atoms with E-state index in [0.717, 1.165) is 0 Å². The van der Waals surface area contributed by atoms with Crippen LogP contribution in [0.4, 0.5) is 0 Å². The molecule has 0 saturated carbocycles. The average Bonchev–Trinajstić information content (AvgIpc) is 3.26. The molecule has 0 bridgehead atoms. The Bertz CT molecular complexity index is 888. The second kappa shape index (κ2) is 11.4. The van der Waals surface area contributed by atoms with Crippen LogP contribution < -0.4 is 16.0 Å². The van der Waals surface area contributed by atoms with Crippen LogP contribution in [-0.2, 0) is 19.2 Å². The van der Waals surface area contributed by atoms with E-state index >= 15 is 0 Å². The first-order valence-electron chi connectivity index (χ1n) is 11.0. The van der Waals surface area contributed by atoms with Crippen molar-refractivity contribution < 1.29 is 29.1 Å². The van der Waals surface area contributed by atoms with E-state index in [2.05, 4.69) is 16.0 Å². The number of carbonyl (C=O) groups is 5. The normalized spacial score (nSPS) is 18.2. The molecule has 10 heteroatoms. The number of carbonyl (C=O) groups excluding carboxylic acids is 4. The SMILES string of the molecule is CC(C)[C@H](NC(=O)[C@@H]1CCCN1C(=O)[C@H](C)NC(=O)[C@H](C)NC(=O)c1ccccc1)C(=O)O. The summed E-state index contributed by atoms with van der Waals surface area (Å²) < 4.78 is 0. The van der Waals surface area contributed by atoms with Crippen LogP contribution in [0.5, 0.6) is 0 Å². The van der Waals surface area contributed by atoms with Crippen LogP contribution in [0.25, 0.3) is 0 Å². The third kappa shape index (κ3) is 6.77. The maximum absolute atomic E-state index is 12.9. The monoisotopic (exact) mass is 460 g/mol. The molecular formula is C23H32N4O6. The summed E-state index contributed by atoms with van der Waals surface area (Å²) in [6.07, 6.45) is 1.000. The lowest BCUT2D eigenvalue weighted by molar-refractivity contribution is -0.145. The van der Waals surface area contributed by atoms with Gasteiger partial charge in [0.1, 0.15) is 24.2 Å². The molecule has 1 aliphatic heterocycles. The van der Waals surface area contributed by atoms with Crippen molar-refractivity contribution in [3.05, 3.63) is 35.9 Å². The highest BCUT2D eigenvalue weighted by Crippen LogP contribution is 2.19. The number of benzene rings is 1. The molecule has 1 saturated heterocycles. The highest BCUT2D eigenvalue weighted by Gasteiger charge is 2.38. The number of hydrogen-bond donors (Lipinski definition) is 4. The van der Waals surface area contributed by atoms with Crippen molar-refractivity contribution in [2.45, 2.75) is 64.7 Å². The number of nitrogens with zero attached hydrogens (tertiary/aromatic N) is 1. The van der Waals surface area contributed by atoms with Crippen molar-refractivity contribution in [1.82, 2.24) is 20.9 Å². The minimum Gasteiger partial charge on any atom is -0.480 e. The molecule has 4 N–H and O–H groups in total. The van der Waals surface area contributed by atoms with Crippen molar-refractivity contribution >= 4 is 29.6 Å². The van der Waals surface area contributed by atoms with E-state index < -0.39 is 53.8 Å². The van der Waals surface area contributed by atoms with Crippen LogP contribution in [0, 0.1) is 5.92 Å². The molecule has 0 aromatic heterocycles. The largest absolute Gasteiger partial charge is 0.480 e. The molecule has 33 heavy (non-hydrogen) atoms. The highest BCUT2D eigenvalue weighted by atomic mass is 16.4. The van der Waals surface area contributed by atoms with E-state index in [-0.39, 0.29) is 5.92 Å². The molecule has 0 radical (unpaired) electrons. The summed E-state index contributed by atoms with van der Waals surface area (Å²) in [5, 5.41) is 17.0. The Morgan fingerprint density at radius 3 is 2.15 bits per heavy atom. The third-order valence-corrected chi connectivity index (χ3v) is 5.58. The quantitative estimate of drug-likeness (QED) is 0.423. The molecule has 0 spiro atoms. The number of carboxylic acids is 1. The molecule has 1 aromatic carbocycles. The number of amides is 4. The van der Waals surface area contributed by atoms with Crippen molar-refractivity contribution in [1.29, 1.82) is 0 Å². The Morgan fingerprint density at radius 1 is 0.939 bits per heavy atom. The standard InChI is InChI=1S/C23H32N4O6/c1-13(2)18(23(32)33)26-21(30)17-11-8-12-27(17)22(31)15(4)25-19(28)14(3)24-20(29)16-9-6-5-7-10-16/h5-7,9-10,13-15,17-18H,8,11-12H2,1-4H3,(H,24,29)(H,25,28)(H,26,30)(H,32,33)/t14-,15-,17-,18-/m0/s1. The number of aliphatic carboxylic acids is 1. The molecular weight excluding hydrogens is 428 g/mol. The summed E-state index contributed by atoms with van der Waals surface area (Å²) in [4.78, 5) is 63.1. The second-order valence-electron chi connectivity index (χ2n) is 8.55. The summed E-state index contributed by atoms with van der Waals surface area (Å²) in [6, 6.07) is 4.78. The first-order chi connectivity index (χ1) is 15.5. The van der Waals surface area contributed by atoms with Gasteiger partial charge in [-0.15, -0.1) is 0 Å². The molecule has 2 rings (SSSR count). The van der Waals surface area contributed by atoms with Crippen LogP contribution in [0.15, 0.2) is 30.3 Å². The van der Waals surface area contributed by atoms with E-state index in [1.165, 1.54) is 18.7 Å². The van der Waals surface area contributed by atoms with E-state index in [0.29, 0.717) is 24.9 Å². The zero-order valence-corrected chi connectivity index (χ0v) is 19.3. The lowest BCUT2D eigenvalue weighted by atomic mass is 10.0. The molecule has 1 aromatic rings. The van der Waals surface area contributed by atoms with Crippen LogP contribution >= 0.6 is 0 Å². The van der Waals surface area contributed by atoms with Crippen molar-refractivity contribution in [3.8, 4) is 0 Å². The van der Waals surface area contributed by atoms with Crippen LogP contribution in [-0.4, -0.2) is 70.3 Å². The van der Waals surface area contributed by atoms with Crippen molar-refractivity contribution in [2.24, 2.45) is 5.92 Å². The molecule has 1 heterocycles. The highest BCUT2D eigenvalue weighted by molar-refractivity contribution is 5.98. The summed E-state index contributed by atoms with van der Waals surface area (Å²) >= 11 is 0. The summed E-state index contributed by atoms with van der Waals surface area (Å²) in [6.45, 7) is 6.72. The van der Waals surface area contributed by atoms with Crippen LogP contribution in [0.1, 0.15) is 50.9 Å². The zero-order valence-electron chi connectivity index (χ0n) is 19.3. The molecule has 1 aliphatic rings. The summed E-state index contributed by atoms with van der Waals surface area (Å²) in [7, 11) is 0. The van der Waals surface area contributed by atoms with Gasteiger partial charge in [-0.25, -0.2) is 4.79 Å². The van der Waals surface area contributed by atoms with Gasteiger partial charge < -0.3 is 26.0 Å². The van der Waals surface area contributed by atoms with Gasteiger partial charge in [-0.1, -0.05) is 32.0 Å². The Morgan fingerprint density at radius 2 is 1.58 bits per heavy atom. The number of hydrogen-bond acceptors (Lipinski definition) is 5. The number of rotatable bonds is 9. The van der Waals surface area contributed by atoms with Crippen molar-refractivity contribution in [2.75, 3.05) is 6.54 Å². The van der Waals surface area contributed by atoms with Crippen molar-refractivity contribution in [3.63, 3.8) is 0 Å². The van der Waals surface area contributed by atoms with Gasteiger partial charge in [-0.3, -0.25) is 19.2 Å². The Hall–Kier alpha value is -3.43. The first kappa shape index (κ1) is 25.8. The minimum absolute atomic E-state index is 0.317. The minimum atomic E-state index is -1.14. The lowest BCUT2D eigenvalue weighted by Gasteiger charge is -2.29. The Labute approximate surface area is 193 Å². The second-order valence-corrected chi connectivity index (χ2v) is 8.55. The fourth-order valence-electron chi connectivity index (χ4n) is 3.65. The number of carboxylic acid groups (broad SMARTS) is 1. The molecule has 4 amide bonds. The predicted octanol–water partition coefficient (Wildman–Crippen LogP) is 0.526. The molecule has 1 fully saturated rings. The molecule has 0 aliphatic carbocycles. The third-order valence-electron chi connectivity index (χ3n) is 5.58. The first-order valence-corrected chi connectivity index (χ1v) is 11.0. The van der Waals surface area contributed by atoms with Gasteiger partial charge >= 0.3 is 5.97 Å². The maximum atomic E-state index is 12.9. The van der Waals surface area contributed by atoms with Gasteiger partial charge in [-0.2, -0.15) is 0 Å².